The number of hydrogen-bond donors (Lipinski definition) is 1. The molecule has 0 aliphatic rings. The maximum atomic E-state index is 13.9. The topological polar surface area (TPSA) is 73.3 Å². The minimum absolute atomic E-state index is 0.0146. The van der Waals surface area contributed by atoms with Gasteiger partial charge in [0.1, 0.15) is 23.9 Å². The predicted molar refractivity (Wildman–Crippen MR) is 110 cm³/mol. The third-order valence-electron chi connectivity index (χ3n) is 4.01. The summed E-state index contributed by atoms with van der Waals surface area (Å²) in [6, 6.07) is 13.4. The van der Waals surface area contributed by atoms with Gasteiger partial charge in [0, 0.05) is 17.2 Å². The van der Waals surface area contributed by atoms with Gasteiger partial charge in [0.15, 0.2) is 5.82 Å². The third-order valence-corrected chi connectivity index (χ3v) is 4.32. The highest BCUT2D eigenvalue weighted by Crippen LogP contribution is 2.27. The fourth-order valence-electron chi connectivity index (χ4n) is 2.59. The van der Waals surface area contributed by atoms with Crippen molar-refractivity contribution in [1.29, 1.82) is 0 Å². The molecule has 0 unspecified atom stereocenters. The molecule has 1 N–H and O–H groups in total. The molecule has 3 rings (SSSR count). The van der Waals surface area contributed by atoms with Crippen molar-refractivity contribution >= 4 is 23.4 Å². The number of anilines is 1. The normalized spacial score (nSPS) is 10.5. The molecule has 0 aliphatic carbocycles. The molecule has 1 aromatic heterocycles. The molecule has 0 atom stereocenters. The Hall–Kier alpha value is -3.19. The standard InChI is InChI=1S/C21H19ClFN3O3/c1-3-29-20(27)12-24-19-11-18(13-4-7-15(28-2)8-5-13)25-21(26-19)14-6-9-16(22)17(23)10-14/h4-11H,3,12H2,1-2H3,(H,24,25,26). The summed E-state index contributed by atoms with van der Waals surface area (Å²) in [7, 11) is 1.59. The van der Waals surface area contributed by atoms with Gasteiger partial charge in [-0.05, 0) is 49.4 Å². The number of methoxy groups -OCH3 is 1. The van der Waals surface area contributed by atoms with Gasteiger partial charge in [-0.15, -0.1) is 0 Å². The first-order valence-corrected chi connectivity index (χ1v) is 9.26. The molecule has 1 heterocycles. The molecule has 8 heteroatoms. The molecule has 0 bridgehead atoms. The number of benzene rings is 2. The van der Waals surface area contributed by atoms with Crippen molar-refractivity contribution in [3.63, 3.8) is 0 Å². The number of halogens is 2. The quantitative estimate of drug-likeness (QED) is 0.569. The summed E-state index contributed by atoms with van der Waals surface area (Å²) >= 11 is 5.78. The second kappa shape index (κ2) is 9.34. The van der Waals surface area contributed by atoms with Crippen LogP contribution in [0.1, 0.15) is 6.92 Å². The van der Waals surface area contributed by atoms with E-state index in [1.807, 2.05) is 24.3 Å². The third kappa shape index (κ3) is 5.20. The lowest BCUT2D eigenvalue weighted by Gasteiger charge is -2.11. The minimum Gasteiger partial charge on any atom is -0.497 e. The van der Waals surface area contributed by atoms with Crippen LogP contribution in [0.4, 0.5) is 10.2 Å². The fourth-order valence-corrected chi connectivity index (χ4v) is 2.70. The Morgan fingerprint density at radius 1 is 1.10 bits per heavy atom. The van der Waals surface area contributed by atoms with Gasteiger partial charge in [-0.1, -0.05) is 11.6 Å². The summed E-state index contributed by atoms with van der Waals surface area (Å²) in [6.07, 6.45) is 0. The van der Waals surface area contributed by atoms with Gasteiger partial charge in [-0.3, -0.25) is 4.79 Å². The van der Waals surface area contributed by atoms with Gasteiger partial charge in [-0.2, -0.15) is 0 Å². The SMILES string of the molecule is CCOC(=O)CNc1cc(-c2ccc(OC)cc2)nc(-c2ccc(Cl)c(F)c2)n1. The molecule has 0 spiro atoms. The van der Waals surface area contributed by atoms with Gasteiger partial charge in [-0.25, -0.2) is 14.4 Å². The molecule has 6 nitrogen and oxygen atoms in total. The van der Waals surface area contributed by atoms with Crippen molar-refractivity contribution in [2.45, 2.75) is 6.92 Å². The monoisotopic (exact) mass is 415 g/mol. The zero-order chi connectivity index (χ0) is 20.8. The Morgan fingerprint density at radius 3 is 2.48 bits per heavy atom. The first-order valence-electron chi connectivity index (χ1n) is 8.88. The summed E-state index contributed by atoms with van der Waals surface area (Å²) in [5, 5.41) is 2.94. The highest BCUT2D eigenvalue weighted by Gasteiger charge is 2.12. The molecule has 0 fully saturated rings. The van der Waals surface area contributed by atoms with Gasteiger partial charge in [0.25, 0.3) is 0 Å². The van der Waals surface area contributed by atoms with Crippen LogP contribution in [0.3, 0.4) is 0 Å². The maximum absolute atomic E-state index is 13.9. The Morgan fingerprint density at radius 2 is 1.83 bits per heavy atom. The lowest BCUT2D eigenvalue weighted by atomic mass is 10.1. The van der Waals surface area contributed by atoms with Crippen LogP contribution in [0.25, 0.3) is 22.6 Å². The van der Waals surface area contributed by atoms with Crippen LogP contribution in [-0.4, -0.2) is 36.2 Å². The van der Waals surface area contributed by atoms with E-state index in [1.165, 1.54) is 12.1 Å². The van der Waals surface area contributed by atoms with Crippen LogP contribution in [0.5, 0.6) is 5.75 Å². The molecule has 2 aromatic carbocycles. The van der Waals surface area contributed by atoms with E-state index in [1.54, 1.807) is 26.2 Å². The lowest BCUT2D eigenvalue weighted by molar-refractivity contribution is -0.140. The van der Waals surface area contributed by atoms with Gasteiger partial charge >= 0.3 is 5.97 Å². The van der Waals surface area contributed by atoms with Crippen molar-refractivity contribution in [2.24, 2.45) is 0 Å². The summed E-state index contributed by atoms with van der Waals surface area (Å²) in [5.74, 6) is 0.438. The molecular weight excluding hydrogens is 397 g/mol. The van der Waals surface area contributed by atoms with E-state index in [9.17, 15) is 9.18 Å². The maximum Gasteiger partial charge on any atom is 0.325 e. The van der Waals surface area contributed by atoms with E-state index in [0.717, 1.165) is 5.56 Å². The summed E-state index contributed by atoms with van der Waals surface area (Å²) < 4.78 is 24.0. The summed E-state index contributed by atoms with van der Waals surface area (Å²) in [4.78, 5) is 20.6. The highest BCUT2D eigenvalue weighted by atomic mass is 35.5. The number of nitrogens with one attached hydrogen (secondary N) is 1. The van der Waals surface area contributed by atoms with Crippen molar-refractivity contribution in [3.8, 4) is 28.4 Å². The molecule has 29 heavy (non-hydrogen) atoms. The molecule has 0 aliphatic heterocycles. The molecule has 150 valence electrons. The number of aromatic nitrogens is 2. The van der Waals surface area contributed by atoms with E-state index in [2.05, 4.69) is 15.3 Å². The van der Waals surface area contributed by atoms with Crippen molar-refractivity contribution in [1.82, 2.24) is 9.97 Å². The summed E-state index contributed by atoms with van der Waals surface area (Å²) in [5.41, 5.74) is 1.86. The Kier molecular flexibility index (Phi) is 6.61. The van der Waals surface area contributed by atoms with Gasteiger partial charge in [0.05, 0.1) is 24.4 Å². The molecule has 0 saturated heterocycles. The van der Waals surface area contributed by atoms with E-state index >= 15 is 0 Å². The number of hydrogen-bond acceptors (Lipinski definition) is 6. The number of ether oxygens (including phenoxy) is 2. The minimum atomic E-state index is -0.566. The number of carbonyl (C=O) groups excluding carboxylic acids is 1. The van der Waals surface area contributed by atoms with Crippen molar-refractivity contribution in [2.75, 3.05) is 25.6 Å². The Bertz CT molecular complexity index is 1010. The zero-order valence-corrected chi connectivity index (χ0v) is 16.7. The second-order valence-electron chi connectivity index (χ2n) is 5.98. The first-order chi connectivity index (χ1) is 14.0. The number of carbonyl (C=O) groups is 1. The molecule has 0 radical (unpaired) electrons. The molecule has 0 amide bonds. The average molecular weight is 416 g/mol. The zero-order valence-electron chi connectivity index (χ0n) is 15.9. The fraction of sp³-hybridized carbons (Fsp3) is 0.190. The van der Waals surface area contributed by atoms with Crippen LogP contribution in [0, 0.1) is 5.82 Å². The highest BCUT2D eigenvalue weighted by molar-refractivity contribution is 6.30. The Labute approximate surface area is 172 Å². The van der Waals surface area contributed by atoms with Crippen LogP contribution in [-0.2, 0) is 9.53 Å². The number of esters is 1. The first kappa shape index (κ1) is 20.5. The van der Waals surface area contributed by atoms with Crippen LogP contribution in [0.2, 0.25) is 5.02 Å². The van der Waals surface area contributed by atoms with Crippen molar-refractivity contribution in [3.05, 3.63) is 59.4 Å². The van der Waals surface area contributed by atoms with E-state index in [-0.39, 0.29) is 18.2 Å². The van der Waals surface area contributed by atoms with Crippen LogP contribution >= 0.6 is 11.6 Å². The largest absolute Gasteiger partial charge is 0.497 e. The van der Waals surface area contributed by atoms with E-state index in [4.69, 9.17) is 21.1 Å². The lowest BCUT2D eigenvalue weighted by Crippen LogP contribution is -2.17. The number of nitrogens with zero attached hydrogens (tertiary/aromatic N) is 2. The van der Waals surface area contributed by atoms with Gasteiger partial charge < -0.3 is 14.8 Å². The van der Waals surface area contributed by atoms with Crippen molar-refractivity contribution < 1.29 is 18.7 Å². The summed E-state index contributed by atoms with van der Waals surface area (Å²) in [6.45, 7) is 1.97. The smallest absolute Gasteiger partial charge is 0.325 e. The molecule has 3 aromatic rings. The second-order valence-corrected chi connectivity index (χ2v) is 6.39. The van der Waals surface area contributed by atoms with Gasteiger partial charge in [0.2, 0.25) is 0 Å². The molecule has 0 saturated carbocycles. The average Bonchev–Trinajstić information content (AvgIpc) is 2.74. The number of rotatable bonds is 7. The van der Waals surface area contributed by atoms with E-state index in [0.29, 0.717) is 28.6 Å². The van der Waals surface area contributed by atoms with Crippen LogP contribution in [0.15, 0.2) is 48.5 Å². The molecular formula is C21H19ClFN3O3. The van der Waals surface area contributed by atoms with E-state index < -0.39 is 11.8 Å². The Balaban J connectivity index is 2.00. The van der Waals surface area contributed by atoms with Crippen LogP contribution < -0.4 is 10.1 Å². The predicted octanol–water partition coefficient (Wildman–Crippen LogP) is 4.59.